The van der Waals surface area contributed by atoms with Gasteiger partial charge in [0, 0.05) is 13.2 Å². The molecule has 0 bridgehead atoms. The maximum atomic E-state index is 9.94. The van der Waals surface area contributed by atoms with Crippen LogP contribution >= 0.6 is 0 Å². The molecule has 0 heterocycles. The molecule has 0 amide bonds. The van der Waals surface area contributed by atoms with Gasteiger partial charge in [0.2, 0.25) is 0 Å². The Morgan fingerprint density at radius 1 is 1.00 bits per heavy atom. The van der Waals surface area contributed by atoms with E-state index in [9.17, 15) is 4.80 Å². The van der Waals surface area contributed by atoms with Crippen molar-refractivity contribution in [2.24, 2.45) is 0 Å². The van der Waals surface area contributed by atoms with Gasteiger partial charge in [-0.25, -0.2) is 0 Å². The Kier molecular flexibility index (Phi) is 5.65. The molecule has 0 saturated carbocycles. The smallest absolute Gasteiger partial charge is 0.367 e. The van der Waals surface area contributed by atoms with Gasteiger partial charge in [0.1, 0.15) is 0 Å². The van der Waals surface area contributed by atoms with E-state index in [1.165, 1.54) is 0 Å². The predicted molar refractivity (Wildman–Crippen MR) is 62.5 cm³/mol. The molecule has 1 aromatic rings. The lowest BCUT2D eigenvalue weighted by Crippen LogP contribution is -2.46. The summed E-state index contributed by atoms with van der Waals surface area (Å²) in [4.78, 5) is 9.94. The fourth-order valence-electron chi connectivity index (χ4n) is 1.24. The Balaban J connectivity index is 2.49. The zero-order valence-electron chi connectivity index (χ0n) is 9.68. The van der Waals surface area contributed by atoms with Gasteiger partial charge in [-0.1, -0.05) is 30.3 Å². The molecule has 1 N–H and O–H groups in total. The summed E-state index contributed by atoms with van der Waals surface area (Å²) in [7, 11) is -3.43. The SMILES string of the molecule is CCO[Si](O)(OCC)OCc1ccccc1. The van der Waals surface area contributed by atoms with Crippen LogP contribution in [0.1, 0.15) is 19.4 Å². The van der Waals surface area contributed by atoms with Crippen LogP contribution in [-0.2, 0) is 19.9 Å². The van der Waals surface area contributed by atoms with Crippen molar-refractivity contribution in [1.29, 1.82) is 0 Å². The number of rotatable bonds is 7. The second-order valence-corrected chi connectivity index (χ2v) is 5.08. The molecule has 90 valence electrons. The minimum absolute atomic E-state index is 0.295. The molecule has 0 spiro atoms. The summed E-state index contributed by atoms with van der Waals surface area (Å²) in [5.74, 6) is 0. The second kappa shape index (κ2) is 6.77. The van der Waals surface area contributed by atoms with Crippen LogP contribution in [0.15, 0.2) is 30.3 Å². The molecular weight excluding hydrogens is 224 g/mol. The highest BCUT2D eigenvalue weighted by atomic mass is 28.4. The molecule has 0 fully saturated rings. The third-order valence-electron chi connectivity index (χ3n) is 1.92. The maximum absolute atomic E-state index is 9.94. The van der Waals surface area contributed by atoms with Crippen molar-refractivity contribution < 1.29 is 18.1 Å². The normalized spacial score (nSPS) is 11.7. The molecule has 0 radical (unpaired) electrons. The predicted octanol–water partition coefficient (Wildman–Crippen LogP) is 1.70. The van der Waals surface area contributed by atoms with Crippen molar-refractivity contribution in [3.05, 3.63) is 35.9 Å². The van der Waals surface area contributed by atoms with Crippen molar-refractivity contribution in [1.82, 2.24) is 0 Å². The molecule has 16 heavy (non-hydrogen) atoms. The van der Waals surface area contributed by atoms with E-state index in [1.54, 1.807) is 13.8 Å². The average molecular weight is 242 g/mol. The molecule has 1 rings (SSSR count). The first-order valence-corrected chi connectivity index (χ1v) is 7.05. The number of benzene rings is 1. The Hall–Kier alpha value is -0.723. The fraction of sp³-hybridized carbons (Fsp3) is 0.455. The van der Waals surface area contributed by atoms with Crippen LogP contribution in [0.3, 0.4) is 0 Å². The summed E-state index contributed by atoms with van der Waals surface area (Å²) in [6.07, 6.45) is 0. The van der Waals surface area contributed by atoms with Gasteiger partial charge in [-0.2, -0.15) is 0 Å². The van der Waals surface area contributed by atoms with Crippen LogP contribution < -0.4 is 0 Å². The van der Waals surface area contributed by atoms with E-state index in [0.717, 1.165) is 5.56 Å². The standard InChI is InChI=1S/C11H18O4Si/c1-3-13-16(12,14-4-2)15-10-11-8-6-5-7-9-11/h5-9,12H,3-4,10H2,1-2H3. The molecule has 0 aromatic heterocycles. The van der Waals surface area contributed by atoms with E-state index >= 15 is 0 Å². The zero-order valence-corrected chi connectivity index (χ0v) is 10.7. The van der Waals surface area contributed by atoms with Crippen molar-refractivity contribution in [2.75, 3.05) is 13.2 Å². The van der Waals surface area contributed by atoms with Gasteiger partial charge in [0.15, 0.2) is 0 Å². The summed E-state index contributed by atoms with van der Waals surface area (Å²) < 4.78 is 15.6. The minimum atomic E-state index is -3.43. The van der Waals surface area contributed by atoms with Gasteiger partial charge in [-0.15, -0.1) is 0 Å². The molecule has 0 atom stereocenters. The Labute approximate surface area is 97.3 Å². The van der Waals surface area contributed by atoms with E-state index in [-0.39, 0.29) is 0 Å². The van der Waals surface area contributed by atoms with E-state index in [1.807, 2.05) is 30.3 Å². The molecular formula is C11H18O4Si. The van der Waals surface area contributed by atoms with Crippen molar-refractivity contribution in [3.63, 3.8) is 0 Å². The van der Waals surface area contributed by atoms with Crippen molar-refractivity contribution in [2.45, 2.75) is 20.5 Å². The van der Waals surface area contributed by atoms with Crippen molar-refractivity contribution in [3.8, 4) is 0 Å². The molecule has 0 aliphatic rings. The zero-order chi connectivity index (χ0) is 11.9. The van der Waals surface area contributed by atoms with Crippen molar-refractivity contribution >= 4 is 9.05 Å². The summed E-state index contributed by atoms with van der Waals surface area (Å²) in [5, 5.41) is 0. The fourth-order valence-corrected chi connectivity index (χ4v) is 2.57. The van der Waals surface area contributed by atoms with Crippen LogP contribution in [0.25, 0.3) is 0 Å². The first-order valence-electron chi connectivity index (χ1n) is 5.38. The van der Waals surface area contributed by atoms with Gasteiger partial charge < -0.3 is 18.1 Å². The third kappa shape index (κ3) is 4.42. The van der Waals surface area contributed by atoms with Gasteiger partial charge in [-0.3, -0.25) is 0 Å². The number of hydrogen-bond donors (Lipinski definition) is 1. The monoisotopic (exact) mass is 242 g/mol. The van der Waals surface area contributed by atoms with Crippen LogP contribution in [-0.4, -0.2) is 27.1 Å². The summed E-state index contributed by atoms with van der Waals surface area (Å²) >= 11 is 0. The second-order valence-electron chi connectivity index (χ2n) is 3.16. The maximum Gasteiger partial charge on any atom is 0.677 e. The van der Waals surface area contributed by atoms with Crippen LogP contribution in [0, 0.1) is 0 Å². The lowest BCUT2D eigenvalue weighted by Gasteiger charge is -2.21. The lowest BCUT2D eigenvalue weighted by atomic mass is 10.2. The van der Waals surface area contributed by atoms with Gasteiger partial charge in [0.05, 0.1) is 6.61 Å². The molecule has 0 aliphatic heterocycles. The Bertz CT molecular complexity index is 285. The molecule has 5 heteroatoms. The summed E-state index contributed by atoms with van der Waals surface area (Å²) in [5.41, 5.74) is 0.979. The first kappa shape index (κ1) is 13.3. The highest BCUT2D eigenvalue weighted by molar-refractivity contribution is 6.51. The highest BCUT2D eigenvalue weighted by Crippen LogP contribution is 2.10. The molecule has 0 aliphatic carbocycles. The summed E-state index contributed by atoms with van der Waals surface area (Å²) in [6.45, 7) is 4.63. The van der Waals surface area contributed by atoms with Crippen LogP contribution in [0.2, 0.25) is 0 Å². The number of hydrogen-bond acceptors (Lipinski definition) is 4. The molecule has 1 aromatic carbocycles. The minimum Gasteiger partial charge on any atom is -0.367 e. The van der Waals surface area contributed by atoms with E-state index in [4.69, 9.17) is 13.3 Å². The Morgan fingerprint density at radius 2 is 1.56 bits per heavy atom. The average Bonchev–Trinajstić information content (AvgIpc) is 2.29. The Morgan fingerprint density at radius 3 is 2.06 bits per heavy atom. The molecule has 0 saturated heterocycles. The highest BCUT2D eigenvalue weighted by Gasteiger charge is 2.40. The van der Waals surface area contributed by atoms with E-state index in [2.05, 4.69) is 0 Å². The third-order valence-corrected chi connectivity index (χ3v) is 3.73. The van der Waals surface area contributed by atoms with E-state index in [0.29, 0.717) is 19.8 Å². The van der Waals surface area contributed by atoms with Crippen LogP contribution in [0.4, 0.5) is 0 Å². The topological polar surface area (TPSA) is 47.9 Å². The van der Waals surface area contributed by atoms with Gasteiger partial charge >= 0.3 is 9.05 Å². The quantitative estimate of drug-likeness (QED) is 0.739. The molecule has 4 nitrogen and oxygen atoms in total. The van der Waals surface area contributed by atoms with E-state index < -0.39 is 9.05 Å². The van der Waals surface area contributed by atoms with Gasteiger partial charge in [-0.05, 0) is 19.4 Å². The lowest BCUT2D eigenvalue weighted by molar-refractivity contribution is -0.00685. The largest absolute Gasteiger partial charge is 0.677 e. The first-order chi connectivity index (χ1) is 7.70. The van der Waals surface area contributed by atoms with Crippen LogP contribution in [0.5, 0.6) is 0 Å². The molecule has 0 unspecified atom stereocenters. The summed E-state index contributed by atoms with van der Waals surface area (Å²) in [6, 6.07) is 9.61. The van der Waals surface area contributed by atoms with Gasteiger partial charge in [0.25, 0.3) is 0 Å².